The molecular weight excluding hydrogens is 260 g/mol. The van der Waals surface area contributed by atoms with Crippen molar-refractivity contribution in [2.75, 3.05) is 0 Å². The van der Waals surface area contributed by atoms with E-state index >= 15 is 0 Å². The summed E-state index contributed by atoms with van der Waals surface area (Å²) in [5.74, 6) is 0.00746. The van der Waals surface area contributed by atoms with Crippen LogP contribution in [0.4, 0.5) is 0 Å². The van der Waals surface area contributed by atoms with E-state index in [1.165, 1.54) is 18.4 Å². The molecule has 0 aliphatic carbocycles. The summed E-state index contributed by atoms with van der Waals surface area (Å²) in [4.78, 5) is 11.7. The van der Waals surface area contributed by atoms with Crippen LogP contribution in [0.1, 0.15) is 70.4 Å². The molecule has 1 aromatic carbocycles. The minimum absolute atomic E-state index is 0.00746. The topological polar surface area (TPSA) is 41.5 Å². The molecule has 1 aromatic rings. The summed E-state index contributed by atoms with van der Waals surface area (Å²) in [6, 6.07) is 8.39. The van der Waals surface area contributed by atoms with E-state index in [9.17, 15) is 4.79 Å². The van der Waals surface area contributed by atoms with Crippen molar-refractivity contribution in [3.63, 3.8) is 0 Å². The lowest BCUT2D eigenvalue weighted by molar-refractivity contribution is -0.121. The standard InChI is InChI=1S/C18H28N2O/c1-4-6-7-8-10-18(21)20-19-15(3)17-13-11-16(9-5-2)12-14-17/h11-14H,4-10H2,1-3H3,(H,20,21). The fourth-order valence-electron chi connectivity index (χ4n) is 2.18. The van der Waals surface area contributed by atoms with Gasteiger partial charge in [-0.3, -0.25) is 4.79 Å². The molecule has 3 nitrogen and oxygen atoms in total. The Balaban J connectivity index is 2.42. The summed E-state index contributed by atoms with van der Waals surface area (Å²) in [6.07, 6.45) is 7.26. The average Bonchev–Trinajstić information content (AvgIpc) is 2.50. The summed E-state index contributed by atoms with van der Waals surface area (Å²) in [7, 11) is 0. The van der Waals surface area contributed by atoms with Crippen molar-refractivity contribution < 1.29 is 4.79 Å². The Morgan fingerprint density at radius 3 is 2.38 bits per heavy atom. The van der Waals surface area contributed by atoms with Crippen LogP contribution in [0.5, 0.6) is 0 Å². The third-order valence-corrected chi connectivity index (χ3v) is 3.52. The Morgan fingerprint density at radius 2 is 1.76 bits per heavy atom. The first-order chi connectivity index (χ1) is 10.2. The fourth-order valence-corrected chi connectivity index (χ4v) is 2.18. The predicted octanol–water partition coefficient (Wildman–Crippen LogP) is 4.45. The van der Waals surface area contributed by atoms with Crippen molar-refractivity contribution >= 4 is 11.6 Å². The highest BCUT2D eigenvalue weighted by atomic mass is 16.2. The number of carbonyl (C=O) groups is 1. The molecule has 1 amide bonds. The van der Waals surface area contributed by atoms with Gasteiger partial charge in [0.15, 0.2) is 0 Å². The Kier molecular flexibility index (Phi) is 8.41. The number of nitrogens with zero attached hydrogens (tertiary/aromatic N) is 1. The number of amides is 1. The van der Waals surface area contributed by atoms with E-state index in [-0.39, 0.29) is 5.91 Å². The molecule has 0 radical (unpaired) electrons. The molecule has 1 N–H and O–H groups in total. The van der Waals surface area contributed by atoms with E-state index in [4.69, 9.17) is 0 Å². The van der Waals surface area contributed by atoms with Gasteiger partial charge in [0.25, 0.3) is 0 Å². The van der Waals surface area contributed by atoms with E-state index in [1.54, 1.807) is 0 Å². The van der Waals surface area contributed by atoms with Crippen LogP contribution >= 0.6 is 0 Å². The maximum absolute atomic E-state index is 11.7. The average molecular weight is 288 g/mol. The molecule has 0 saturated carbocycles. The maximum Gasteiger partial charge on any atom is 0.240 e. The molecule has 116 valence electrons. The largest absolute Gasteiger partial charge is 0.273 e. The lowest BCUT2D eigenvalue weighted by atomic mass is 10.1. The van der Waals surface area contributed by atoms with Crippen LogP contribution in [-0.2, 0) is 11.2 Å². The lowest BCUT2D eigenvalue weighted by Gasteiger charge is -2.04. The van der Waals surface area contributed by atoms with Crippen molar-refractivity contribution in [1.82, 2.24) is 5.43 Å². The Morgan fingerprint density at radius 1 is 1.05 bits per heavy atom. The molecule has 3 heteroatoms. The zero-order chi connectivity index (χ0) is 15.5. The summed E-state index contributed by atoms with van der Waals surface area (Å²) < 4.78 is 0. The number of benzene rings is 1. The van der Waals surface area contributed by atoms with Gasteiger partial charge in [0.2, 0.25) is 5.91 Å². The van der Waals surface area contributed by atoms with Gasteiger partial charge in [-0.2, -0.15) is 5.10 Å². The number of unbranched alkanes of at least 4 members (excludes halogenated alkanes) is 3. The van der Waals surface area contributed by atoms with Crippen LogP contribution < -0.4 is 5.43 Å². The molecule has 0 spiro atoms. The zero-order valence-electron chi connectivity index (χ0n) is 13.6. The van der Waals surface area contributed by atoms with Crippen LogP contribution in [0.2, 0.25) is 0 Å². The second kappa shape index (κ2) is 10.1. The van der Waals surface area contributed by atoms with Gasteiger partial charge in [-0.15, -0.1) is 0 Å². The summed E-state index contributed by atoms with van der Waals surface area (Å²) in [5, 5.41) is 4.19. The first-order valence-corrected chi connectivity index (χ1v) is 8.09. The second-order valence-corrected chi connectivity index (χ2v) is 5.49. The predicted molar refractivity (Wildman–Crippen MR) is 89.5 cm³/mol. The van der Waals surface area contributed by atoms with Gasteiger partial charge in [-0.1, -0.05) is 63.8 Å². The monoisotopic (exact) mass is 288 g/mol. The highest BCUT2D eigenvalue weighted by Crippen LogP contribution is 2.08. The van der Waals surface area contributed by atoms with Gasteiger partial charge in [0.1, 0.15) is 0 Å². The molecule has 0 heterocycles. The number of hydrazone groups is 1. The molecule has 0 fully saturated rings. The molecule has 0 atom stereocenters. The number of hydrogen-bond donors (Lipinski definition) is 1. The van der Waals surface area contributed by atoms with Crippen molar-refractivity contribution in [2.45, 2.75) is 65.7 Å². The highest BCUT2D eigenvalue weighted by Gasteiger charge is 2.01. The molecule has 0 unspecified atom stereocenters. The van der Waals surface area contributed by atoms with Crippen LogP contribution in [0.3, 0.4) is 0 Å². The molecule has 0 aliphatic heterocycles. The van der Waals surface area contributed by atoms with Gasteiger partial charge in [-0.25, -0.2) is 5.43 Å². The van der Waals surface area contributed by atoms with E-state index in [1.807, 2.05) is 6.92 Å². The van der Waals surface area contributed by atoms with Crippen LogP contribution in [0.15, 0.2) is 29.4 Å². The minimum Gasteiger partial charge on any atom is -0.273 e. The first kappa shape index (κ1) is 17.4. The van der Waals surface area contributed by atoms with E-state index in [0.29, 0.717) is 6.42 Å². The summed E-state index contributed by atoms with van der Waals surface area (Å²) in [5.41, 5.74) is 5.89. The number of aryl methyl sites for hydroxylation is 1. The number of carbonyl (C=O) groups excluding carboxylic acids is 1. The summed E-state index contributed by atoms with van der Waals surface area (Å²) in [6.45, 7) is 6.27. The molecular formula is C18H28N2O. The zero-order valence-corrected chi connectivity index (χ0v) is 13.6. The second-order valence-electron chi connectivity index (χ2n) is 5.49. The highest BCUT2D eigenvalue weighted by molar-refractivity contribution is 5.99. The Bertz CT molecular complexity index is 449. The molecule has 0 aliphatic rings. The normalized spacial score (nSPS) is 11.5. The third-order valence-electron chi connectivity index (χ3n) is 3.52. The van der Waals surface area contributed by atoms with E-state index in [2.05, 4.69) is 48.6 Å². The quantitative estimate of drug-likeness (QED) is 0.407. The van der Waals surface area contributed by atoms with Gasteiger partial charge >= 0.3 is 0 Å². The Hall–Kier alpha value is -1.64. The van der Waals surface area contributed by atoms with Gasteiger partial charge in [0.05, 0.1) is 5.71 Å². The Labute approximate surface area is 128 Å². The lowest BCUT2D eigenvalue weighted by Crippen LogP contribution is -2.18. The van der Waals surface area contributed by atoms with Crippen LogP contribution in [0.25, 0.3) is 0 Å². The van der Waals surface area contributed by atoms with Crippen LogP contribution in [-0.4, -0.2) is 11.6 Å². The summed E-state index contributed by atoms with van der Waals surface area (Å²) >= 11 is 0. The van der Waals surface area contributed by atoms with Gasteiger partial charge in [0, 0.05) is 6.42 Å². The SMILES string of the molecule is CCCCCCC(=O)NN=C(C)c1ccc(CCC)cc1. The van der Waals surface area contributed by atoms with Gasteiger partial charge in [-0.05, 0) is 30.9 Å². The molecule has 0 aromatic heterocycles. The fraction of sp³-hybridized carbons (Fsp3) is 0.556. The van der Waals surface area contributed by atoms with Crippen molar-refractivity contribution in [3.05, 3.63) is 35.4 Å². The first-order valence-electron chi connectivity index (χ1n) is 8.09. The van der Waals surface area contributed by atoms with Crippen molar-refractivity contribution in [2.24, 2.45) is 5.10 Å². The smallest absolute Gasteiger partial charge is 0.240 e. The minimum atomic E-state index is 0.00746. The van der Waals surface area contributed by atoms with Crippen molar-refractivity contribution in [3.8, 4) is 0 Å². The molecule has 1 rings (SSSR count). The van der Waals surface area contributed by atoms with Crippen LogP contribution in [0, 0.1) is 0 Å². The number of nitrogens with one attached hydrogen (secondary N) is 1. The maximum atomic E-state index is 11.7. The van der Waals surface area contributed by atoms with Crippen molar-refractivity contribution in [1.29, 1.82) is 0 Å². The third kappa shape index (κ3) is 7.07. The van der Waals surface area contributed by atoms with E-state index < -0.39 is 0 Å². The van der Waals surface area contributed by atoms with E-state index in [0.717, 1.165) is 37.0 Å². The number of rotatable bonds is 9. The molecule has 0 bridgehead atoms. The molecule has 0 saturated heterocycles. The number of hydrogen-bond acceptors (Lipinski definition) is 2. The molecule has 21 heavy (non-hydrogen) atoms. The van der Waals surface area contributed by atoms with Gasteiger partial charge < -0.3 is 0 Å².